The zero-order chi connectivity index (χ0) is 16.2. The minimum absolute atomic E-state index is 0.161. The molecule has 1 aliphatic rings. The number of methoxy groups -OCH3 is 1. The molecule has 0 bridgehead atoms. The molecule has 0 unspecified atom stereocenters. The van der Waals surface area contributed by atoms with Gasteiger partial charge in [-0.1, -0.05) is 12.1 Å². The van der Waals surface area contributed by atoms with Crippen LogP contribution in [0, 0.1) is 6.92 Å². The van der Waals surface area contributed by atoms with Gasteiger partial charge in [0, 0.05) is 30.9 Å². The molecule has 2 heterocycles. The van der Waals surface area contributed by atoms with Crippen molar-refractivity contribution in [3.8, 4) is 5.75 Å². The standard InChI is InChI=1S/C18H21N3O2/c1-13-16-7-9-21(10-8-17(16)20-12-19-13)18(22)11-14-3-5-15(23-2)6-4-14/h3-6,12H,7-11H2,1-2H3. The average molecular weight is 311 g/mol. The number of aromatic nitrogens is 2. The molecule has 120 valence electrons. The van der Waals surface area contributed by atoms with Crippen molar-refractivity contribution < 1.29 is 9.53 Å². The molecule has 0 saturated carbocycles. The molecule has 0 fully saturated rings. The van der Waals surface area contributed by atoms with Gasteiger partial charge in [0.25, 0.3) is 0 Å². The normalized spacial score (nSPS) is 14.1. The Morgan fingerprint density at radius 2 is 1.91 bits per heavy atom. The number of carbonyl (C=O) groups excluding carboxylic acids is 1. The molecular weight excluding hydrogens is 290 g/mol. The Morgan fingerprint density at radius 1 is 1.17 bits per heavy atom. The number of hydrogen-bond acceptors (Lipinski definition) is 4. The summed E-state index contributed by atoms with van der Waals surface area (Å²) in [6.45, 7) is 3.46. The number of hydrogen-bond donors (Lipinski definition) is 0. The molecular formula is C18H21N3O2. The number of fused-ring (bicyclic) bond motifs is 1. The summed E-state index contributed by atoms with van der Waals surface area (Å²) in [5, 5.41) is 0. The van der Waals surface area contributed by atoms with Gasteiger partial charge >= 0.3 is 0 Å². The van der Waals surface area contributed by atoms with E-state index in [2.05, 4.69) is 9.97 Å². The summed E-state index contributed by atoms with van der Waals surface area (Å²) < 4.78 is 5.15. The minimum Gasteiger partial charge on any atom is -0.497 e. The van der Waals surface area contributed by atoms with E-state index in [0.29, 0.717) is 6.42 Å². The van der Waals surface area contributed by atoms with Crippen LogP contribution in [0.3, 0.4) is 0 Å². The van der Waals surface area contributed by atoms with Crippen LogP contribution in [-0.2, 0) is 24.1 Å². The average Bonchev–Trinajstić information content (AvgIpc) is 2.79. The third kappa shape index (κ3) is 3.50. The molecule has 1 aromatic heterocycles. The number of amides is 1. The summed E-state index contributed by atoms with van der Waals surface area (Å²) in [7, 11) is 1.64. The molecule has 1 aromatic carbocycles. The topological polar surface area (TPSA) is 55.3 Å². The minimum atomic E-state index is 0.161. The van der Waals surface area contributed by atoms with Gasteiger partial charge in [0.2, 0.25) is 5.91 Å². The van der Waals surface area contributed by atoms with Crippen LogP contribution in [0.4, 0.5) is 0 Å². The highest BCUT2D eigenvalue weighted by Crippen LogP contribution is 2.17. The van der Waals surface area contributed by atoms with Crippen molar-refractivity contribution in [1.82, 2.24) is 14.9 Å². The van der Waals surface area contributed by atoms with Crippen molar-refractivity contribution in [2.45, 2.75) is 26.2 Å². The van der Waals surface area contributed by atoms with E-state index >= 15 is 0 Å². The van der Waals surface area contributed by atoms with E-state index in [9.17, 15) is 4.79 Å². The van der Waals surface area contributed by atoms with Crippen molar-refractivity contribution in [1.29, 1.82) is 0 Å². The van der Waals surface area contributed by atoms with Crippen molar-refractivity contribution in [3.05, 3.63) is 53.1 Å². The second-order valence-corrected chi connectivity index (χ2v) is 5.79. The van der Waals surface area contributed by atoms with E-state index in [0.717, 1.165) is 48.6 Å². The van der Waals surface area contributed by atoms with Gasteiger partial charge in [-0.3, -0.25) is 4.79 Å². The van der Waals surface area contributed by atoms with E-state index in [-0.39, 0.29) is 5.91 Å². The summed E-state index contributed by atoms with van der Waals surface area (Å²) in [5.74, 6) is 0.967. The van der Waals surface area contributed by atoms with Gasteiger partial charge < -0.3 is 9.64 Å². The van der Waals surface area contributed by atoms with Crippen molar-refractivity contribution >= 4 is 5.91 Å². The highest BCUT2D eigenvalue weighted by Gasteiger charge is 2.20. The van der Waals surface area contributed by atoms with Gasteiger partial charge in [-0.15, -0.1) is 0 Å². The maximum Gasteiger partial charge on any atom is 0.227 e. The molecule has 0 spiro atoms. The summed E-state index contributed by atoms with van der Waals surface area (Å²) in [6.07, 6.45) is 3.66. The Kier molecular flexibility index (Phi) is 4.55. The largest absolute Gasteiger partial charge is 0.497 e. The monoisotopic (exact) mass is 311 g/mol. The Labute approximate surface area is 136 Å². The fourth-order valence-corrected chi connectivity index (χ4v) is 2.97. The molecule has 3 rings (SSSR count). The summed E-state index contributed by atoms with van der Waals surface area (Å²) in [5.41, 5.74) is 4.32. The molecule has 0 radical (unpaired) electrons. The first kappa shape index (κ1) is 15.5. The number of benzene rings is 1. The summed E-state index contributed by atoms with van der Waals surface area (Å²) >= 11 is 0. The Balaban J connectivity index is 1.66. The van der Waals surface area contributed by atoms with Crippen LogP contribution >= 0.6 is 0 Å². The summed E-state index contributed by atoms with van der Waals surface area (Å²) in [4.78, 5) is 23.1. The number of ether oxygens (including phenoxy) is 1. The zero-order valence-corrected chi connectivity index (χ0v) is 13.6. The Morgan fingerprint density at radius 3 is 2.65 bits per heavy atom. The van der Waals surface area contributed by atoms with Crippen LogP contribution in [0.5, 0.6) is 5.75 Å². The predicted octanol–water partition coefficient (Wildman–Crippen LogP) is 1.96. The maximum absolute atomic E-state index is 12.6. The van der Waals surface area contributed by atoms with Gasteiger partial charge in [0.1, 0.15) is 12.1 Å². The molecule has 5 heteroatoms. The smallest absolute Gasteiger partial charge is 0.227 e. The van der Waals surface area contributed by atoms with Crippen LogP contribution < -0.4 is 4.74 Å². The fourth-order valence-electron chi connectivity index (χ4n) is 2.97. The van der Waals surface area contributed by atoms with Crippen molar-refractivity contribution in [3.63, 3.8) is 0 Å². The lowest BCUT2D eigenvalue weighted by Gasteiger charge is -2.20. The molecule has 1 amide bonds. The van der Waals surface area contributed by atoms with Crippen LogP contribution in [0.25, 0.3) is 0 Å². The zero-order valence-electron chi connectivity index (χ0n) is 13.6. The third-order valence-electron chi connectivity index (χ3n) is 4.37. The summed E-state index contributed by atoms with van der Waals surface area (Å²) in [6, 6.07) is 7.66. The molecule has 23 heavy (non-hydrogen) atoms. The molecule has 0 aliphatic carbocycles. The van der Waals surface area contributed by atoms with Gasteiger partial charge in [0.15, 0.2) is 0 Å². The first-order valence-corrected chi connectivity index (χ1v) is 7.87. The molecule has 0 saturated heterocycles. The lowest BCUT2D eigenvalue weighted by Crippen LogP contribution is -2.34. The first-order valence-electron chi connectivity index (χ1n) is 7.87. The second kappa shape index (κ2) is 6.77. The van der Waals surface area contributed by atoms with Crippen LogP contribution in [0.1, 0.15) is 22.5 Å². The van der Waals surface area contributed by atoms with Gasteiger partial charge in [-0.2, -0.15) is 0 Å². The molecule has 5 nitrogen and oxygen atoms in total. The molecule has 2 aromatic rings. The SMILES string of the molecule is COc1ccc(CC(=O)N2CCc3ncnc(C)c3CC2)cc1. The number of aryl methyl sites for hydroxylation is 1. The van der Waals surface area contributed by atoms with E-state index in [1.807, 2.05) is 36.1 Å². The maximum atomic E-state index is 12.6. The van der Waals surface area contributed by atoms with Crippen LogP contribution in [-0.4, -0.2) is 41.0 Å². The second-order valence-electron chi connectivity index (χ2n) is 5.79. The fraction of sp³-hybridized carbons (Fsp3) is 0.389. The van der Waals surface area contributed by atoms with Gasteiger partial charge in [-0.05, 0) is 36.6 Å². The van der Waals surface area contributed by atoms with Crippen LogP contribution in [0.15, 0.2) is 30.6 Å². The Hall–Kier alpha value is -2.43. The number of nitrogens with zero attached hydrogens (tertiary/aromatic N) is 3. The quantitative estimate of drug-likeness (QED) is 0.869. The molecule has 0 N–H and O–H groups in total. The lowest BCUT2D eigenvalue weighted by molar-refractivity contribution is -0.130. The molecule has 1 aliphatic heterocycles. The van der Waals surface area contributed by atoms with E-state index in [1.165, 1.54) is 5.56 Å². The third-order valence-corrected chi connectivity index (χ3v) is 4.37. The predicted molar refractivity (Wildman–Crippen MR) is 87.5 cm³/mol. The van der Waals surface area contributed by atoms with Gasteiger partial charge in [0.05, 0.1) is 13.5 Å². The highest BCUT2D eigenvalue weighted by atomic mass is 16.5. The number of rotatable bonds is 3. The highest BCUT2D eigenvalue weighted by molar-refractivity contribution is 5.79. The first-order chi connectivity index (χ1) is 11.2. The van der Waals surface area contributed by atoms with E-state index in [4.69, 9.17) is 4.74 Å². The van der Waals surface area contributed by atoms with E-state index < -0.39 is 0 Å². The van der Waals surface area contributed by atoms with Crippen molar-refractivity contribution in [2.24, 2.45) is 0 Å². The Bertz CT molecular complexity index is 698. The van der Waals surface area contributed by atoms with E-state index in [1.54, 1.807) is 13.4 Å². The molecule has 0 atom stereocenters. The number of carbonyl (C=O) groups is 1. The van der Waals surface area contributed by atoms with Crippen molar-refractivity contribution in [2.75, 3.05) is 20.2 Å². The van der Waals surface area contributed by atoms with Crippen LogP contribution in [0.2, 0.25) is 0 Å². The lowest BCUT2D eigenvalue weighted by atomic mass is 10.1. The van der Waals surface area contributed by atoms with Gasteiger partial charge in [-0.25, -0.2) is 9.97 Å².